The first kappa shape index (κ1) is 14.6. The molecule has 0 radical (unpaired) electrons. The molecule has 116 valence electrons. The minimum atomic E-state index is -0.306. The lowest BCUT2D eigenvalue weighted by molar-refractivity contribution is -0.0926. The molecule has 1 aromatic rings. The third-order valence-corrected chi connectivity index (χ3v) is 4.55. The van der Waals surface area contributed by atoms with E-state index < -0.39 is 0 Å². The summed E-state index contributed by atoms with van der Waals surface area (Å²) < 4.78 is 11.6. The number of fused-ring (bicyclic) bond motifs is 1. The van der Waals surface area contributed by atoms with E-state index >= 15 is 0 Å². The lowest BCUT2D eigenvalue weighted by Crippen LogP contribution is -2.52. The maximum atomic E-state index is 11.6. The smallest absolute Gasteiger partial charge is 0.268 e. The highest BCUT2D eigenvalue weighted by molar-refractivity contribution is 5.94. The van der Waals surface area contributed by atoms with E-state index in [0.29, 0.717) is 23.5 Å². The van der Waals surface area contributed by atoms with E-state index in [-0.39, 0.29) is 5.91 Å². The first-order valence-corrected chi connectivity index (χ1v) is 7.65. The van der Waals surface area contributed by atoms with Crippen molar-refractivity contribution >= 4 is 5.91 Å². The molecule has 0 bridgehead atoms. The molecule has 1 aromatic heterocycles. The molecule has 2 heterocycles. The van der Waals surface area contributed by atoms with Crippen LogP contribution in [0.3, 0.4) is 0 Å². The average Bonchev–Trinajstić information content (AvgIpc) is 2.87. The maximum Gasteiger partial charge on any atom is 0.268 e. The molecule has 1 aliphatic carbocycles. The number of hydrazine groups is 1. The number of carbonyl (C=O) groups excluding carboxylic acids is 1. The number of ether oxygens (including phenoxy) is 1. The summed E-state index contributed by atoms with van der Waals surface area (Å²) in [5, 5.41) is 0. The van der Waals surface area contributed by atoms with Crippen LogP contribution < -0.4 is 11.3 Å². The van der Waals surface area contributed by atoms with Crippen LogP contribution in [-0.4, -0.2) is 36.1 Å². The zero-order chi connectivity index (χ0) is 14.8. The number of aryl methyl sites for hydroxylation is 1. The molecule has 1 saturated heterocycles. The molecule has 6 heteroatoms. The zero-order valence-corrected chi connectivity index (χ0v) is 12.4. The number of amides is 1. The second kappa shape index (κ2) is 6.17. The van der Waals surface area contributed by atoms with Gasteiger partial charge in [0.25, 0.3) is 5.91 Å². The summed E-state index contributed by atoms with van der Waals surface area (Å²) in [6.07, 6.45) is 5.21. The number of nitrogen functional groups attached to an aromatic ring is 1. The fraction of sp³-hybridized carbons (Fsp3) is 0.667. The van der Waals surface area contributed by atoms with Gasteiger partial charge in [0.15, 0.2) is 0 Å². The summed E-state index contributed by atoms with van der Waals surface area (Å²) in [5.41, 5.74) is 2.67. The molecular weight excluding hydrogens is 270 g/mol. The van der Waals surface area contributed by atoms with Crippen molar-refractivity contribution in [2.75, 3.05) is 13.2 Å². The third kappa shape index (κ3) is 2.97. The molecule has 0 spiro atoms. The highest BCUT2D eigenvalue weighted by atomic mass is 16.5. The number of nitrogens with one attached hydrogen (secondary N) is 1. The molecule has 21 heavy (non-hydrogen) atoms. The van der Waals surface area contributed by atoms with Crippen molar-refractivity contribution in [2.24, 2.45) is 5.84 Å². The van der Waals surface area contributed by atoms with Gasteiger partial charge in [-0.1, -0.05) is 12.8 Å². The van der Waals surface area contributed by atoms with Gasteiger partial charge in [-0.3, -0.25) is 15.1 Å². The minimum Gasteiger partial charge on any atom is -0.464 e. The number of hydrogen-bond donors (Lipinski definition) is 2. The summed E-state index contributed by atoms with van der Waals surface area (Å²) in [4.78, 5) is 14.1. The first-order chi connectivity index (χ1) is 10.2. The summed E-state index contributed by atoms with van der Waals surface area (Å²) in [7, 11) is 0. The molecule has 1 aliphatic heterocycles. The van der Waals surface area contributed by atoms with Gasteiger partial charge in [0.2, 0.25) is 0 Å². The first-order valence-electron chi connectivity index (χ1n) is 7.65. The Hall–Kier alpha value is -1.37. The van der Waals surface area contributed by atoms with Crippen LogP contribution in [0.15, 0.2) is 10.5 Å². The van der Waals surface area contributed by atoms with Crippen molar-refractivity contribution in [3.8, 4) is 0 Å². The molecule has 0 aromatic carbocycles. The van der Waals surface area contributed by atoms with Gasteiger partial charge in [-0.25, -0.2) is 5.84 Å². The molecule has 3 N–H and O–H groups in total. The lowest BCUT2D eigenvalue weighted by Gasteiger charge is -2.43. The summed E-state index contributed by atoms with van der Waals surface area (Å²) in [6, 6.07) is 2.27. The van der Waals surface area contributed by atoms with Crippen LogP contribution in [-0.2, 0) is 11.3 Å². The zero-order valence-electron chi connectivity index (χ0n) is 12.4. The van der Waals surface area contributed by atoms with Gasteiger partial charge in [-0.15, -0.1) is 0 Å². The number of nitrogens with zero attached hydrogens (tertiary/aromatic N) is 1. The van der Waals surface area contributed by atoms with Crippen molar-refractivity contribution < 1.29 is 13.9 Å². The molecule has 2 aliphatic rings. The molecule has 1 amide bonds. The van der Waals surface area contributed by atoms with Crippen molar-refractivity contribution in [3.05, 3.63) is 23.2 Å². The quantitative estimate of drug-likeness (QED) is 0.499. The fourth-order valence-corrected chi connectivity index (χ4v) is 3.50. The van der Waals surface area contributed by atoms with Gasteiger partial charge in [-0.2, -0.15) is 0 Å². The minimum absolute atomic E-state index is 0.306. The maximum absolute atomic E-state index is 11.6. The standard InChI is InChI=1S/C15H23N3O3/c1-10-12(15(19)17-16)8-11(21-10)9-18-6-7-20-14-5-3-2-4-13(14)18/h8,13-14H,2-7,9,16H2,1H3,(H,17,19). The summed E-state index contributed by atoms with van der Waals surface area (Å²) in [6.45, 7) is 4.20. The molecule has 6 nitrogen and oxygen atoms in total. The highest BCUT2D eigenvalue weighted by Gasteiger charge is 2.34. The van der Waals surface area contributed by atoms with Crippen molar-refractivity contribution in [1.29, 1.82) is 0 Å². The molecule has 1 saturated carbocycles. The highest BCUT2D eigenvalue weighted by Crippen LogP contribution is 2.30. The van der Waals surface area contributed by atoms with Crippen LogP contribution in [0.2, 0.25) is 0 Å². The van der Waals surface area contributed by atoms with Gasteiger partial charge < -0.3 is 9.15 Å². The van der Waals surface area contributed by atoms with Crippen molar-refractivity contribution in [1.82, 2.24) is 10.3 Å². The topological polar surface area (TPSA) is 80.7 Å². The number of rotatable bonds is 3. The van der Waals surface area contributed by atoms with Crippen LogP contribution in [0.4, 0.5) is 0 Å². The Morgan fingerprint density at radius 3 is 3.10 bits per heavy atom. The number of nitrogens with two attached hydrogens (primary N) is 1. The van der Waals surface area contributed by atoms with E-state index in [4.69, 9.17) is 15.0 Å². The van der Waals surface area contributed by atoms with Crippen molar-refractivity contribution in [2.45, 2.75) is 51.3 Å². The SMILES string of the molecule is Cc1oc(CN2CCOC3CCCCC32)cc1C(=O)NN. The van der Waals surface area contributed by atoms with Crippen LogP contribution >= 0.6 is 0 Å². The molecular formula is C15H23N3O3. The predicted molar refractivity (Wildman–Crippen MR) is 77.5 cm³/mol. The molecule has 2 atom stereocenters. The van der Waals surface area contributed by atoms with E-state index in [1.807, 2.05) is 0 Å². The second-order valence-electron chi connectivity index (χ2n) is 5.89. The average molecular weight is 293 g/mol. The van der Waals surface area contributed by atoms with E-state index in [0.717, 1.165) is 31.9 Å². The second-order valence-corrected chi connectivity index (χ2v) is 5.89. The van der Waals surface area contributed by atoms with Gasteiger partial charge >= 0.3 is 0 Å². The summed E-state index contributed by atoms with van der Waals surface area (Å²) >= 11 is 0. The Bertz CT molecular complexity index is 512. The number of hydrogen-bond acceptors (Lipinski definition) is 5. The Kier molecular flexibility index (Phi) is 4.28. The Morgan fingerprint density at radius 2 is 2.29 bits per heavy atom. The van der Waals surface area contributed by atoms with Crippen LogP contribution in [0.25, 0.3) is 0 Å². The van der Waals surface area contributed by atoms with Gasteiger partial charge in [-0.05, 0) is 25.8 Å². The Labute approximate surface area is 124 Å². The Morgan fingerprint density at radius 1 is 1.48 bits per heavy atom. The summed E-state index contributed by atoms with van der Waals surface area (Å²) in [5.74, 6) is 6.31. The monoisotopic (exact) mass is 293 g/mol. The van der Waals surface area contributed by atoms with Crippen LogP contribution in [0, 0.1) is 6.92 Å². The van der Waals surface area contributed by atoms with Gasteiger partial charge in [0.1, 0.15) is 11.5 Å². The number of carbonyl (C=O) groups is 1. The van der Waals surface area contributed by atoms with Gasteiger partial charge in [0.05, 0.1) is 24.8 Å². The van der Waals surface area contributed by atoms with E-state index in [1.165, 1.54) is 19.3 Å². The lowest BCUT2D eigenvalue weighted by atomic mass is 9.90. The molecule has 2 fully saturated rings. The van der Waals surface area contributed by atoms with Crippen molar-refractivity contribution in [3.63, 3.8) is 0 Å². The van der Waals surface area contributed by atoms with E-state index in [1.54, 1.807) is 13.0 Å². The molecule has 3 rings (SSSR count). The van der Waals surface area contributed by atoms with E-state index in [9.17, 15) is 4.79 Å². The van der Waals surface area contributed by atoms with Gasteiger partial charge in [0, 0.05) is 12.6 Å². The normalized spacial score (nSPS) is 26.4. The Balaban J connectivity index is 1.72. The largest absolute Gasteiger partial charge is 0.464 e. The van der Waals surface area contributed by atoms with Crippen LogP contribution in [0.1, 0.15) is 47.6 Å². The fourth-order valence-electron chi connectivity index (χ4n) is 3.50. The molecule has 2 unspecified atom stereocenters. The number of furan rings is 1. The number of morpholine rings is 1. The predicted octanol–water partition coefficient (Wildman–Crippen LogP) is 1.33. The third-order valence-electron chi connectivity index (χ3n) is 4.55. The van der Waals surface area contributed by atoms with Crippen LogP contribution in [0.5, 0.6) is 0 Å². The van der Waals surface area contributed by atoms with E-state index in [2.05, 4.69) is 10.3 Å².